The molecule has 28 heavy (non-hydrogen) atoms. The number of H-pyrrole nitrogens is 1. The van der Waals surface area contributed by atoms with Gasteiger partial charge in [-0.25, -0.2) is 4.79 Å². The number of carbonyl (C=O) groups excluding carboxylic acids is 1. The van der Waals surface area contributed by atoms with Crippen molar-refractivity contribution >= 4 is 16.9 Å². The summed E-state index contributed by atoms with van der Waals surface area (Å²) < 4.78 is 5.41. The van der Waals surface area contributed by atoms with Crippen LogP contribution >= 0.6 is 0 Å². The van der Waals surface area contributed by atoms with E-state index in [0.29, 0.717) is 17.9 Å². The molecule has 0 aliphatic heterocycles. The van der Waals surface area contributed by atoms with Gasteiger partial charge in [-0.2, -0.15) is 0 Å². The maximum Gasteiger partial charge on any atom is 0.320 e. The lowest BCUT2D eigenvalue weighted by molar-refractivity contribution is 0.164. The van der Waals surface area contributed by atoms with Gasteiger partial charge in [-0.1, -0.05) is 29.8 Å². The zero-order valence-corrected chi connectivity index (χ0v) is 16.7. The van der Waals surface area contributed by atoms with E-state index >= 15 is 0 Å². The second-order valence-corrected chi connectivity index (χ2v) is 7.06. The van der Waals surface area contributed by atoms with E-state index in [1.165, 1.54) is 4.90 Å². The van der Waals surface area contributed by atoms with Gasteiger partial charge in [-0.05, 0) is 36.6 Å². The number of urea groups is 1. The average Bonchev–Trinajstić information content (AvgIpc) is 2.68. The molecule has 146 valence electrons. The molecular formula is C22H25N3O3. The zero-order valence-electron chi connectivity index (χ0n) is 16.7. The van der Waals surface area contributed by atoms with Crippen molar-refractivity contribution < 1.29 is 9.53 Å². The average molecular weight is 379 g/mol. The number of benzene rings is 2. The van der Waals surface area contributed by atoms with Crippen LogP contribution in [0.5, 0.6) is 5.75 Å². The van der Waals surface area contributed by atoms with Gasteiger partial charge in [-0.3, -0.25) is 4.79 Å². The van der Waals surface area contributed by atoms with Crippen molar-refractivity contribution in [3.63, 3.8) is 0 Å². The molecule has 3 rings (SSSR count). The third-order valence-corrected chi connectivity index (χ3v) is 4.64. The van der Waals surface area contributed by atoms with Crippen molar-refractivity contribution in [2.45, 2.75) is 20.0 Å². The summed E-state index contributed by atoms with van der Waals surface area (Å²) in [7, 11) is 5.00. The number of rotatable bonds is 5. The van der Waals surface area contributed by atoms with Gasteiger partial charge in [-0.15, -0.1) is 0 Å². The second-order valence-electron chi connectivity index (χ2n) is 7.06. The van der Waals surface area contributed by atoms with Crippen molar-refractivity contribution in [3.05, 3.63) is 75.6 Å². The summed E-state index contributed by atoms with van der Waals surface area (Å²) in [5.74, 6) is 0.710. The summed E-state index contributed by atoms with van der Waals surface area (Å²) in [5.41, 5.74) is 3.14. The first-order chi connectivity index (χ1) is 13.4. The van der Waals surface area contributed by atoms with Gasteiger partial charge < -0.3 is 19.5 Å². The van der Waals surface area contributed by atoms with Crippen LogP contribution in [0.15, 0.2) is 53.3 Å². The number of hydrogen-bond donors (Lipinski definition) is 1. The molecule has 0 fully saturated rings. The number of ether oxygens (including phenoxy) is 1. The standard InChI is InChI=1S/C22H25N3O3/c1-15-9-10-19-17(11-15)12-18(21(26)23-19)14-25(22(27)24(2)3)13-16-7-5-6-8-20(16)28-4/h5-12H,13-14H2,1-4H3,(H,23,26). The fourth-order valence-corrected chi connectivity index (χ4v) is 3.21. The predicted molar refractivity (Wildman–Crippen MR) is 111 cm³/mol. The highest BCUT2D eigenvalue weighted by Gasteiger charge is 2.19. The Morgan fingerprint density at radius 3 is 2.46 bits per heavy atom. The molecule has 6 nitrogen and oxygen atoms in total. The molecule has 0 radical (unpaired) electrons. The number of aryl methyl sites for hydroxylation is 1. The number of nitrogens with zero attached hydrogens (tertiary/aromatic N) is 2. The quantitative estimate of drug-likeness (QED) is 0.738. The van der Waals surface area contributed by atoms with Crippen LogP contribution in [-0.4, -0.2) is 42.0 Å². The van der Waals surface area contributed by atoms with Crippen LogP contribution < -0.4 is 10.3 Å². The summed E-state index contributed by atoms with van der Waals surface area (Å²) in [5, 5.41) is 0.948. The number of methoxy groups -OCH3 is 1. The second kappa shape index (κ2) is 8.17. The number of aromatic amines is 1. The molecule has 1 heterocycles. The Labute approximate surface area is 164 Å². The van der Waals surface area contributed by atoms with E-state index in [-0.39, 0.29) is 18.1 Å². The molecule has 2 aromatic carbocycles. The lowest BCUT2D eigenvalue weighted by Crippen LogP contribution is -2.39. The number of pyridine rings is 1. The van der Waals surface area contributed by atoms with Crippen molar-refractivity contribution in [2.75, 3.05) is 21.2 Å². The SMILES string of the molecule is COc1ccccc1CN(Cc1cc2cc(C)ccc2[nH]c1=O)C(=O)N(C)C. The fourth-order valence-electron chi connectivity index (χ4n) is 3.21. The number of carbonyl (C=O) groups is 1. The molecule has 0 atom stereocenters. The minimum Gasteiger partial charge on any atom is -0.496 e. The lowest BCUT2D eigenvalue weighted by Gasteiger charge is -2.26. The Morgan fingerprint density at radius 2 is 1.75 bits per heavy atom. The monoisotopic (exact) mass is 379 g/mol. The summed E-state index contributed by atoms with van der Waals surface area (Å²) in [6.45, 7) is 2.55. The molecule has 1 aromatic heterocycles. The largest absolute Gasteiger partial charge is 0.496 e. The highest BCUT2D eigenvalue weighted by Crippen LogP contribution is 2.21. The van der Waals surface area contributed by atoms with E-state index in [0.717, 1.165) is 22.0 Å². The highest BCUT2D eigenvalue weighted by molar-refractivity contribution is 5.80. The zero-order chi connectivity index (χ0) is 20.3. The smallest absolute Gasteiger partial charge is 0.320 e. The van der Waals surface area contributed by atoms with Gasteiger partial charge in [0.25, 0.3) is 5.56 Å². The number of hydrogen-bond acceptors (Lipinski definition) is 3. The highest BCUT2D eigenvalue weighted by atomic mass is 16.5. The molecule has 0 spiro atoms. The van der Waals surface area contributed by atoms with Crippen molar-refractivity contribution in [1.29, 1.82) is 0 Å². The van der Waals surface area contributed by atoms with Crippen LogP contribution in [0.1, 0.15) is 16.7 Å². The molecule has 0 aliphatic carbocycles. The summed E-state index contributed by atoms with van der Waals surface area (Å²) in [4.78, 5) is 31.4. The number of aromatic nitrogens is 1. The molecule has 0 bridgehead atoms. The van der Waals surface area contributed by atoms with Gasteiger partial charge in [0.05, 0.1) is 20.2 Å². The van der Waals surface area contributed by atoms with E-state index in [9.17, 15) is 9.59 Å². The van der Waals surface area contributed by atoms with Crippen molar-refractivity contribution in [2.24, 2.45) is 0 Å². The number of fused-ring (bicyclic) bond motifs is 1. The van der Waals surface area contributed by atoms with Gasteiger partial charge in [0.15, 0.2) is 0 Å². The van der Waals surface area contributed by atoms with Crippen LogP contribution in [0.4, 0.5) is 4.79 Å². The summed E-state index contributed by atoms with van der Waals surface area (Å²) in [6.07, 6.45) is 0. The lowest BCUT2D eigenvalue weighted by atomic mass is 10.1. The number of amides is 2. The Balaban J connectivity index is 1.98. The van der Waals surface area contributed by atoms with E-state index in [2.05, 4.69) is 4.98 Å². The minimum absolute atomic E-state index is 0.172. The number of nitrogens with one attached hydrogen (secondary N) is 1. The summed E-state index contributed by atoms with van der Waals surface area (Å²) in [6, 6.07) is 15.1. The van der Waals surface area contributed by atoms with Crippen molar-refractivity contribution in [1.82, 2.24) is 14.8 Å². The van der Waals surface area contributed by atoms with Gasteiger partial charge in [0, 0.05) is 30.7 Å². The molecule has 0 unspecified atom stereocenters. The molecule has 1 N–H and O–H groups in total. The van der Waals surface area contributed by atoms with Gasteiger partial charge in [0.1, 0.15) is 5.75 Å². The molecule has 0 saturated heterocycles. The number of para-hydroxylation sites is 1. The minimum atomic E-state index is -0.187. The van der Waals surface area contributed by atoms with Gasteiger partial charge in [0.2, 0.25) is 0 Å². The Kier molecular flexibility index (Phi) is 5.68. The van der Waals surface area contributed by atoms with E-state index in [1.54, 1.807) is 26.1 Å². The van der Waals surface area contributed by atoms with Crippen LogP contribution in [0.2, 0.25) is 0 Å². The molecule has 0 aliphatic rings. The summed E-state index contributed by atoms with van der Waals surface area (Å²) >= 11 is 0. The maximum absolute atomic E-state index is 12.8. The Morgan fingerprint density at radius 1 is 1.04 bits per heavy atom. The Hall–Kier alpha value is -3.28. The van der Waals surface area contributed by atoms with Crippen molar-refractivity contribution in [3.8, 4) is 5.75 Å². The Bertz CT molecular complexity index is 1060. The van der Waals surface area contributed by atoms with E-state index in [4.69, 9.17) is 4.74 Å². The fraction of sp³-hybridized carbons (Fsp3) is 0.273. The van der Waals surface area contributed by atoms with Crippen LogP contribution in [0.25, 0.3) is 10.9 Å². The third kappa shape index (κ3) is 4.17. The predicted octanol–water partition coefficient (Wildman–Crippen LogP) is 3.53. The molecule has 0 saturated carbocycles. The molecular weight excluding hydrogens is 354 g/mol. The topological polar surface area (TPSA) is 65.6 Å². The van der Waals surface area contributed by atoms with Crippen LogP contribution in [-0.2, 0) is 13.1 Å². The first-order valence-electron chi connectivity index (χ1n) is 9.09. The maximum atomic E-state index is 12.8. The van der Waals surface area contributed by atoms with E-state index < -0.39 is 0 Å². The molecule has 2 amide bonds. The third-order valence-electron chi connectivity index (χ3n) is 4.64. The van der Waals surface area contributed by atoms with E-state index in [1.807, 2.05) is 55.5 Å². The normalized spacial score (nSPS) is 10.7. The first-order valence-corrected chi connectivity index (χ1v) is 9.09. The van der Waals surface area contributed by atoms with Crippen LogP contribution in [0, 0.1) is 6.92 Å². The molecule has 3 aromatic rings. The van der Waals surface area contributed by atoms with Gasteiger partial charge >= 0.3 is 6.03 Å². The first kappa shape index (κ1) is 19.5. The van der Waals surface area contributed by atoms with Crippen LogP contribution in [0.3, 0.4) is 0 Å². The molecule has 6 heteroatoms.